The van der Waals surface area contributed by atoms with Gasteiger partial charge in [-0.3, -0.25) is 0 Å². The van der Waals surface area contributed by atoms with Crippen LogP contribution < -0.4 is 5.32 Å². The third-order valence-electron chi connectivity index (χ3n) is 3.33. The van der Waals surface area contributed by atoms with Crippen molar-refractivity contribution in [1.29, 1.82) is 0 Å². The minimum Gasteiger partial charge on any atom is -0.396 e. The van der Waals surface area contributed by atoms with Crippen LogP contribution in [0.1, 0.15) is 45.2 Å². The van der Waals surface area contributed by atoms with E-state index in [1.54, 1.807) is 6.07 Å². The lowest BCUT2D eigenvalue weighted by Crippen LogP contribution is -2.31. The highest BCUT2D eigenvalue weighted by atomic mass is 35.5. The number of benzene rings is 1. The predicted molar refractivity (Wildman–Crippen MR) is 77.9 cm³/mol. The first-order valence-corrected chi connectivity index (χ1v) is 7.03. The molecule has 2 nitrogen and oxygen atoms in total. The molecule has 0 aliphatic rings. The highest BCUT2D eigenvalue weighted by molar-refractivity contribution is 6.31. The Morgan fingerprint density at radius 1 is 1.42 bits per heavy atom. The molecule has 4 heteroatoms. The zero-order valence-electron chi connectivity index (χ0n) is 11.8. The molecule has 0 radical (unpaired) electrons. The minimum absolute atomic E-state index is 0.0708. The van der Waals surface area contributed by atoms with Crippen LogP contribution in [0.5, 0.6) is 0 Å². The summed E-state index contributed by atoms with van der Waals surface area (Å²) in [5.41, 5.74) is 1.02. The van der Waals surface area contributed by atoms with Gasteiger partial charge < -0.3 is 10.4 Å². The third kappa shape index (κ3) is 5.47. The summed E-state index contributed by atoms with van der Waals surface area (Å²) in [5, 5.41) is 12.7. The minimum atomic E-state index is -0.316. The monoisotopic (exact) mass is 287 g/mol. The Bertz CT molecular complexity index is 409. The average molecular weight is 288 g/mol. The Kier molecular flexibility index (Phi) is 6.24. The largest absolute Gasteiger partial charge is 0.396 e. The topological polar surface area (TPSA) is 32.3 Å². The number of rotatable bonds is 7. The van der Waals surface area contributed by atoms with Gasteiger partial charge in [-0.05, 0) is 42.9 Å². The Morgan fingerprint density at radius 3 is 2.68 bits per heavy atom. The Balaban J connectivity index is 2.57. The third-order valence-corrected chi connectivity index (χ3v) is 3.65. The van der Waals surface area contributed by atoms with Crippen LogP contribution in [0.2, 0.25) is 5.02 Å². The second-order valence-corrected chi connectivity index (χ2v) is 6.17. The second kappa shape index (κ2) is 7.22. The smallest absolute Gasteiger partial charge is 0.124 e. The van der Waals surface area contributed by atoms with E-state index < -0.39 is 0 Å². The highest BCUT2D eigenvalue weighted by Crippen LogP contribution is 2.26. The molecule has 0 spiro atoms. The number of nitrogens with one attached hydrogen (secondary N) is 1. The maximum atomic E-state index is 13.0. The van der Waals surface area contributed by atoms with Crippen molar-refractivity contribution in [1.82, 2.24) is 5.32 Å². The maximum absolute atomic E-state index is 13.0. The van der Waals surface area contributed by atoms with Gasteiger partial charge >= 0.3 is 0 Å². The molecule has 1 atom stereocenters. The lowest BCUT2D eigenvalue weighted by atomic mass is 9.87. The van der Waals surface area contributed by atoms with Gasteiger partial charge in [0, 0.05) is 24.2 Å². The van der Waals surface area contributed by atoms with Crippen molar-refractivity contribution in [3.05, 3.63) is 34.6 Å². The van der Waals surface area contributed by atoms with E-state index in [-0.39, 0.29) is 23.9 Å². The molecule has 1 aromatic rings. The molecule has 0 bridgehead atoms. The molecule has 0 aliphatic carbocycles. The lowest BCUT2D eigenvalue weighted by Gasteiger charge is -2.27. The van der Waals surface area contributed by atoms with E-state index in [4.69, 9.17) is 16.7 Å². The van der Waals surface area contributed by atoms with Gasteiger partial charge in [-0.25, -0.2) is 4.39 Å². The second-order valence-electron chi connectivity index (χ2n) is 5.76. The molecule has 0 saturated carbocycles. The van der Waals surface area contributed by atoms with Gasteiger partial charge in [0.1, 0.15) is 5.82 Å². The molecule has 1 unspecified atom stereocenters. The summed E-state index contributed by atoms with van der Waals surface area (Å²) in [5.74, 6) is -0.316. The molecule has 0 fully saturated rings. The van der Waals surface area contributed by atoms with Crippen molar-refractivity contribution >= 4 is 11.6 Å². The van der Waals surface area contributed by atoms with Crippen LogP contribution in [0.15, 0.2) is 18.2 Å². The Morgan fingerprint density at radius 2 is 2.11 bits per heavy atom. The summed E-state index contributed by atoms with van der Waals surface area (Å²) in [6.45, 7) is 7.38. The predicted octanol–water partition coefficient (Wildman–Crippen LogP) is 3.93. The number of hydrogen-bond acceptors (Lipinski definition) is 2. The Hall–Kier alpha value is -0.640. The van der Waals surface area contributed by atoms with Gasteiger partial charge in [0.15, 0.2) is 0 Å². The number of aliphatic hydroxyl groups excluding tert-OH is 1. The Labute approximate surface area is 120 Å². The van der Waals surface area contributed by atoms with Gasteiger partial charge in [-0.2, -0.15) is 0 Å². The summed E-state index contributed by atoms with van der Waals surface area (Å²) >= 11 is 6.04. The van der Waals surface area contributed by atoms with Crippen LogP contribution in [-0.2, 0) is 0 Å². The summed E-state index contributed by atoms with van der Waals surface area (Å²) in [4.78, 5) is 0. The zero-order chi connectivity index (χ0) is 14.5. The van der Waals surface area contributed by atoms with Crippen LogP contribution in [0, 0.1) is 11.2 Å². The van der Waals surface area contributed by atoms with Crippen LogP contribution >= 0.6 is 11.6 Å². The van der Waals surface area contributed by atoms with E-state index in [1.165, 1.54) is 12.1 Å². The van der Waals surface area contributed by atoms with E-state index >= 15 is 0 Å². The van der Waals surface area contributed by atoms with Gasteiger partial charge in [0.25, 0.3) is 0 Å². The van der Waals surface area contributed by atoms with Crippen molar-refractivity contribution in [2.24, 2.45) is 5.41 Å². The molecule has 0 heterocycles. The number of hydrogen-bond donors (Lipinski definition) is 2. The van der Waals surface area contributed by atoms with Crippen molar-refractivity contribution in [3.63, 3.8) is 0 Å². The molecular weight excluding hydrogens is 265 g/mol. The van der Waals surface area contributed by atoms with Gasteiger partial charge in [0.2, 0.25) is 0 Å². The molecule has 0 saturated heterocycles. The normalized spacial score (nSPS) is 13.6. The fourth-order valence-electron chi connectivity index (χ4n) is 2.04. The molecular formula is C15H23ClFNO. The fourth-order valence-corrected chi connectivity index (χ4v) is 2.37. The first-order valence-electron chi connectivity index (χ1n) is 6.65. The first-order chi connectivity index (χ1) is 8.85. The van der Waals surface area contributed by atoms with Crippen LogP contribution in [0.25, 0.3) is 0 Å². The van der Waals surface area contributed by atoms with E-state index in [0.29, 0.717) is 5.02 Å². The molecule has 19 heavy (non-hydrogen) atoms. The highest BCUT2D eigenvalue weighted by Gasteiger charge is 2.19. The van der Waals surface area contributed by atoms with Crippen LogP contribution in [0.4, 0.5) is 4.39 Å². The van der Waals surface area contributed by atoms with E-state index in [9.17, 15) is 4.39 Å². The van der Waals surface area contributed by atoms with Crippen LogP contribution in [-0.4, -0.2) is 18.3 Å². The molecule has 2 N–H and O–H groups in total. The molecule has 1 rings (SSSR count). The van der Waals surface area contributed by atoms with E-state index in [1.807, 2.05) is 6.92 Å². The van der Waals surface area contributed by atoms with Gasteiger partial charge in [0.05, 0.1) is 0 Å². The summed E-state index contributed by atoms with van der Waals surface area (Å²) in [7, 11) is 0. The standard InChI is InChI=1S/C15H23ClFNO/c1-11(13-6-5-12(17)9-14(13)16)18-10-15(2,3)7-4-8-19/h5-6,9,11,18-19H,4,7-8,10H2,1-3H3. The number of halogens is 2. The zero-order valence-corrected chi connectivity index (χ0v) is 12.6. The van der Waals surface area contributed by atoms with E-state index in [0.717, 1.165) is 24.9 Å². The summed E-state index contributed by atoms with van der Waals surface area (Å²) in [6, 6.07) is 4.56. The fraction of sp³-hybridized carbons (Fsp3) is 0.600. The van der Waals surface area contributed by atoms with Crippen molar-refractivity contribution < 1.29 is 9.50 Å². The average Bonchev–Trinajstić information content (AvgIpc) is 2.34. The van der Waals surface area contributed by atoms with Crippen LogP contribution in [0.3, 0.4) is 0 Å². The quantitative estimate of drug-likeness (QED) is 0.796. The molecule has 0 aromatic heterocycles. The maximum Gasteiger partial charge on any atom is 0.124 e. The van der Waals surface area contributed by atoms with Gasteiger partial charge in [-0.15, -0.1) is 0 Å². The van der Waals surface area contributed by atoms with Gasteiger partial charge in [-0.1, -0.05) is 31.5 Å². The first kappa shape index (κ1) is 16.4. The molecule has 0 aliphatic heterocycles. The molecule has 108 valence electrons. The summed E-state index contributed by atoms with van der Waals surface area (Å²) < 4.78 is 13.0. The van der Waals surface area contributed by atoms with Crippen molar-refractivity contribution in [3.8, 4) is 0 Å². The van der Waals surface area contributed by atoms with Crippen molar-refractivity contribution in [2.45, 2.75) is 39.7 Å². The SMILES string of the molecule is CC(NCC(C)(C)CCCO)c1ccc(F)cc1Cl. The van der Waals surface area contributed by atoms with E-state index in [2.05, 4.69) is 19.2 Å². The number of aliphatic hydroxyl groups is 1. The summed E-state index contributed by atoms with van der Waals surface area (Å²) in [6.07, 6.45) is 1.76. The lowest BCUT2D eigenvalue weighted by molar-refractivity contribution is 0.233. The molecule has 0 amide bonds. The van der Waals surface area contributed by atoms with Crippen molar-refractivity contribution in [2.75, 3.05) is 13.2 Å². The molecule has 1 aromatic carbocycles.